The van der Waals surface area contributed by atoms with Crippen molar-refractivity contribution in [3.8, 4) is 0 Å². The van der Waals surface area contributed by atoms with Crippen LogP contribution >= 0.6 is 0 Å². The van der Waals surface area contributed by atoms with Gasteiger partial charge in [0.15, 0.2) is 0 Å². The van der Waals surface area contributed by atoms with E-state index in [0.29, 0.717) is 25.7 Å². The molecule has 0 amide bonds. The van der Waals surface area contributed by atoms with E-state index in [1.54, 1.807) is 6.92 Å². The van der Waals surface area contributed by atoms with Gasteiger partial charge in [0.2, 0.25) is 0 Å². The molecule has 0 heterocycles. The van der Waals surface area contributed by atoms with Crippen molar-refractivity contribution in [2.45, 2.75) is 107 Å². The second-order valence-electron chi connectivity index (χ2n) is 10.6. The number of hydrogen-bond donors (Lipinski definition) is 6. The predicted octanol–water partition coefficient (Wildman–Crippen LogP) is 0.702. The van der Waals surface area contributed by atoms with Crippen LogP contribution in [0.15, 0.2) is 0 Å². The molecule has 0 aromatic rings. The zero-order valence-electron chi connectivity index (χ0n) is 16.7. The molecule has 6 nitrogen and oxygen atoms in total. The first-order chi connectivity index (χ1) is 12.4. The van der Waals surface area contributed by atoms with Gasteiger partial charge in [0.25, 0.3) is 0 Å². The molecule has 0 aliphatic heterocycles. The lowest BCUT2D eigenvalue weighted by atomic mass is 9.40. The Morgan fingerprint density at radius 1 is 0.889 bits per heavy atom. The molecule has 6 heteroatoms. The molecule has 27 heavy (non-hydrogen) atoms. The van der Waals surface area contributed by atoms with E-state index < -0.39 is 34.4 Å². The lowest BCUT2D eigenvalue weighted by molar-refractivity contribution is -0.341. The van der Waals surface area contributed by atoms with Crippen molar-refractivity contribution in [1.82, 2.24) is 0 Å². The van der Waals surface area contributed by atoms with Crippen molar-refractivity contribution in [1.29, 1.82) is 0 Å². The zero-order chi connectivity index (χ0) is 20.0. The topological polar surface area (TPSA) is 121 Å². The Kier molecular flexibility index (Phi) is 4.21. The molecule has 6 N–H and O–H groups in total. The second kappa shape index (κ2) is 5.67. The number of fused-ring (bicyclic) bond motifs is 5. The van der Waals surface area contributed by atoms with E-state index >= 15 is 0 Å². The van der Waals surface area contributed by atoms with Gasteiger partial charge in [-0.2, -0.15) is 0 Å². The number of aliphatic hydroxyl groups excluding tert-OH is 3. The Balaban J connectivity index is 1.81. The summed E-state index contributed by atoms with van der Waals surface area (Å²) in [6, 6.07) is 0. The van der Waals surface area contributed by atoms with Crippen molar-refractivity contribution in [3.05, 3.63) is 0 Å². The summed E-state index contributed by atoms with van der Waals surface area (Å²) in [5, 5.41) is 66.8. The number of hydrogen-bond acceptors (Lipinski definition) is 6. The highest BCUT2D eigenvalue weighted by atomic mass is 16.4. The summed E-state index contributed by atoms with van der Waals surface area (Å²) in [5.41, 5.74) is -6.42. The van der Waals surface area contributed by atoms with E-state index in [9.17, 15) is 30.6 Å². The summed E-state index contributed by atoms with van der Waals surface area (Å²) >= 11 is 0. The second-order valence-corrected chi connectivity index (χ2v) is 10.6. The van der Waals surface area contributed by atoms with Crippen molar-refractivity contribution in [2.24, 2.45) is 22.7 Å². The van der Waals surface area contributed by atoms with E-state index in [2.05, 4.69) is 6.92 Å². The predicted molar refractivity (Wildman–Crippen MR) is 98.7 cm³/mol. The molecule has 156 valence electrons. The van der Waals surface area contributed by atoms with Crippen LogP contribution in [0.4, 0.5) is 0 Å². The van der Waals surface area contributed by atoms with Crippen LogP contribution in [-0.2, 0) is 0 Å². The fourth-order valence-electron chi connectivity index (χ4n) is 7.96. The van der Waals surface area contributed by atoms with Gasteiger partial charge in [-0.15, -0.1) is 0 Å². The van der Waals surface area contributed by atoms with Crippen LogP contribution in [0.1, 0.15) is 72.1 Å². The first kappa shape index (κ1) is 20.0. The van der Waals surface area contributed by atoms with Gasteiger partial charge in [-0.25, -0.2) is 0 Å². The molecular formula is C21H36O6. The van der Waals surface area contributed by atoms with Crippen molar-refractivity contribution >= 4 is 0 Å². The summed E-state index contributed by atoms with van der Waals surface area (Å²) in [7, 11) is 0. The monoisotopic (exact) mass is 384 g/mol. The fourth-order valence-corrected chi connectivity index (χ4v) is 7.96. The van der Waals surface area contributed by atoms with Crippen LogP contribution in [0.5, 0.6) is 0 Å². The van der Waals surface area contributed by atoms with Gasteiger partial charge in [0.1, 0.15) is 11.2 Å². The molecule has 4 fully saturated rings. The highest BCUT2D eigenvalue weighted by Crippen LogP contribution is 2.71. The molecule has 0 spiro atoms. The van der Waals surface area contributed by atoms with Gasteiger partial charge in [0, 0.05) is 0 Å². The largest absolute Gasteiger partial charge is 0.393 e. The first-order valence-corrected chi connectivity index (χ1v) is 10.6. The van der Waals surface area contributed by atoms with Gasteiger partial charge >= 0.3 is 0 Å². The maximum absolute atomic E-state index is 12.0. The summed E-state index contributed by atoms with van der Waals surface area (Å²) < 4.78 is 0. The lowest BCUT2D eigenvalue weighted by Crippen LogP contribution is -2.79. The minimum Gasteiger partial charge on any atom is -0.393 e. The van der Waals surface area contributed by atoms with E-state index in [1.165, 1.54) is 6.92 Å². The molecular weight excluding hydrogens is 348 g/mol. The quantitative estimate of drug-likeness (QED) is 0.396. The molecule has 0 aromatic heterocycles. The minimum absolute atomic E-state index is 0.141. The number of rotatable bonds is 1. The Bertz CT molecular complexity index is 626. The minimum atomic E-state index is -1.67. The molecule has 10 atom stereocenters. The molecule has 4 rings (SSSR count). The molecule has 0 saturated heterocycles. The van der Waals surface area contributed by atoms with Crippen LogP contribution in [0, 0.1) is 22.7 Å². The summed E-state index contributed by atoms with van der Waals surface area (Å²) in [4.78, 5) is 0. The average molecular weight is 385 g/mol. The standard InChI is InChI=1S/C21H36O6/c1-12(22)19(25)8-9-21(27)18(19,3)16(24)11-15-17(2)6-5-14(23)10-13(17)4-7-20(15,21)26/h12-16,22-27H,4-11H2,1-3H3/t12-,13?,14-,15+,16+,17-,18+,19+,20-,21+/m0/s1. The third-order valence-electron chi connectivity index (χ3n) is 9.91. The summed E-state index contributed by atoms with van der Waals surface area (Å²) in [5.74, 6) is -0.0515. The Morgan fingerprint density at radius 2 is 1.56 bits per heavy atom. The molecule has 1 unspecified atom stereocenters. The highest BCUT2D eigenvalue weighted by Gasteiger charge is 2.80. The van der Waals surface area contributed by atoms with Crippen LogP contribution in [-0.4, -0.2) is 65.8 Å². The third-order valence-corrected chi connectivity index (χ3v) is 9.91. The van der Waals surface area contributed by atoms with Crippen LogP contribution in [0.2, 0.25) is 0 Å². The van der Waals surface area contributed by atoms with Crippen LogP contribution in [0.3, 0.4) is 0 Å². The Morgan fingerprint density at radius 3 is 2.19 bits per heavy atom. The van der Waals surface area contributed by atoms with Crippen molar-refractivity contribution in [2.75, 3.05) is 0 Å². The van der Waals surface area contributed by atoms with E-state index in [-0.39, 0.29) is 42.6 Å². The van der Waals surface area contributed by atoms with Gasteiger partial charge < -0.3 is 30.6 Å². The average Bonchev–Trinajstić information content (AvgIpc) is 2.83. The fraction of sp³-hybridized carbons (Fsp3) is 1.00. The van der Waals surface area contributed by atoms with Crippen molar-refractivity contribution in [3.63, 3.8) is 0 Å². The molecule has 4 saturated carbocycles. The molecule has 0 radical (unpaired) electrons. The van der Waals surface area contributed by atoms with Crippen molar-refractivity contribution < 1.29 is 30.6 Å². The summed E-state index contributed by atoms with van der Waals surface area (Å²) in [6.45, 7) is 5.25. The smallest absolute Gasteiger partial charge is 0.104 e. The summed E-state index contributed by atoms with van der Waals surface area (Å²) in [6.07, 6.45) is 1.33. The van der Waals surface area contributed by atoms with Gasteiger partial charge in [0.05, 0.1) is 29.3 Å². The van der Waals surface area contributed by atoms with Gasteiger partial charge in [-0.05, 0) is 75.5 Å². The maximum Gasteiger partial charge on any atom is 0.104 e. The third kappa shape index (κ3) is 2.07. The van der Waals surface area contributed by atoms with E-state index in [4.69, 9.17) is 0 Å². The lowest BCUT2D eigenvalue weighted by Gasteiger charge is -2.69. The molecule has 0 aromatic carbocycles. The van der Waals surface area contributed by atoms with E-state index in [1.807, 2.05) is 0 Å². The van der Waals surface area contributed by atoms with E-state index in [0.717, 1.165) is 6.42 Å². The highest BCUT2D eigenvalue weighted by molar-refractivity contribution is 5.30. The van der Waals surface area contributed by atoms with Gasteiger partial charge in [-0.3, -0.25) is 0 Å². The Labute approximate surface area is 161 Å². The molecule has 4 aliphatic carbocycles. The normalized spacial score (nSPS) is 61.7. The molecule has 4 aliphatic rings. The van der Waals surface area contributed by atoms with Crippen LogP contribution < -0.4 is 0 Å². The first-order valence-electron chi connectivity index (χ1n) is 10.6. The molecule has 0 bridgehead atoms. The van der Waals surface area contributed by atoms with Crippen LogP contribution in [0.25, 0.3) is 0 Å². The maximum atomic E-state index is 12.0. The van der Waals surface area contributed by atoms with Gasteiger partial charge in [-0.1, -0.05) is 13.8 Å². The number of aliphatic hydroxyl groups is 6. The zero-order valence-corrected chi connectivity index (χ0v) is 16.7. The Hall–Kier alpha value is -0.240. The SMILES string of the molecule is C[C@H](O)[C@]1(O)CC[C@@]2(O)[C@]1(C)[C@H](O)C[C@@H]1[C@@]3(C)CC[C@H](O)CC3CC[C@]12O.